The maximum absolute atomic E-state index is 14.2. The summed E-state index contributed by atoms with van der Waals surface area (Å²) < 4.78 is 14.2. The lowest BCUT2D eigenvalue weighted by Crippen LogP contribution is -2.27. The normalized spacial score (nSPS) is 10.7. The summed E-state index contributed by atoms with van der Waals surface area (Å²) in [6.07, 6.45) is 0. The van der Waals surface area contributed by atoms with Gasteiger partial charge in [0.25, 0.3) is 11.5 Å². The molecule has 0 unspecified atom stereocenters. The number of aromatic carboxylic acids is 1. The van der Waals surface area contributed by atoms with E-state index in [1.165, 1.54) is 36.4 Å². The van der Waals surface area contributed by atoms with E-state index >= 15 is 0 Å². The number of amides is 1. The highest BCUT2D eigenvalue weighted by molar-refractivity contribution is 6.13. The number of hydrogen-bond acceptors (Lipinski definition) is 6. The Hall–Kier alpha value is -3.92. The fourth-order valence-corrected chi connectivity index (χ4v) is 3.16. The Bertz CT molecular complexity index is 1190. The Morgan fingerprint density at radius 3 is 2.42 bits per heavy atom. The number of carboxylic acid groups (broad SMARTS) is 1. The first kappa shape index (κ1) is 21.8. The second kappa shape index (κ2) is 9.26. The summed E-state index contributed by atoms with van der Waals surface area (Å²) in [5, 5.41) is 20.8. The number of carbonyl (C=O) groups excluding carboxylic acids is 1. The minimum absolute atomic E-state index is 0.0612. The van der Waals surface area contributed by atoms with Crippen molar-refractivity contribution in [2.24, 2.45) is 0 Å². The standard InChI is InChI=1S/C21H22FN5O4/c1-23-7-8-25-18-14-9-12(22)10-15(24-2)17(14)27-20(29)16(18)19(28)26-13-5-3-11(4-6-13)21(30)31/h3-6,9-10,23-24H,7-8H2,1-2H3,(H,26,28)(H,30,31)(H2,25,27,29). The number of nitrogens with one attached hydrogen (secondary N) is 5. The Morgan fingerprint density at radius 2 is 1.81 bits per heavy atom. The van der Waals surface area contributed by atoms with Gasteiger partial charge in [-0.05, 0) is 43.4 Å². The van der Waals surface area contributed by atoms with Crippen LogP contribution in [0, 0.1) is 5.82 Å². The minimum atomic E-state index is -1.10. The van der Waals surface area contributed by atoms with Gasteiger partial charge in [0.15, 0.2) is 0 Å². The maximum atomic E-state index is 14.2. The molecule has 0 radical (unpaired) electrons. The summed E-state index contributed by atoms with van der Waals surface area (Å²) in [5.74, 6) is -2.34. The number of carboxylic acids is 1. The van der Waals surface area contributed by atoms with Crippen molar-refractivity contribution in [3.8, 4) is 0 Å². The third kappa shape index (κ3) is 4.64. The Balaban J connectivity index is 2.09. The van der Waals surface area contributed by atoms with Crippen LogP contribution in [0.15, 0.2) is 41.2 Å². The highest BCUT2D eigenvalue weighted by Gasteiger charge is 2.21. The van der Waals surface area contributed by atoms with Crippen molar-refractivity contribution in [3.63, 3.8) is 0 Å². The van der Waals surface area contributed by atoms with E-state index in [1.807, 2.05) is 0 Å². The van der Waals surface area contributed by atoms with Gasteiger partial charge in [0.05, 0.1) is 22.5 Å². The number of aromatic amines is 1. The number of halogens is 1. The molecule has 0 atom stereocenters. The molecule has 0 spiro atoms. The number of rotatable bonds is 8. The molecule has 162 valence electrons. The first-order chi connectivity index (χ1) is 14.8. The maximum Gasteiger partial charge on any atom is 0.335 e. The van der Waals surface area contributed by atoms with E-state index in [0.29, 0.717) is 35.4 Å². The first-order valence-electron chi connectivity index (χ1n) is 9.46. The summed E-state index contributed by atoms with van der Waals surface area (Å²) in [4.78, 5) is 39.5. The van der Waals surface area contributed by atoms with Crippen molar-refractivity contribution >= 4 is 39.8 Å². The zero-order chi connectivity index (χ0) is 22.5. The van der Waals surface area contributed by atoms with E-state index in [2.05, 4.69) is 26.3 Å². The van der Waals surface area contributed by atoms with Gasteiger partial charge >= 0.3 is 5.97 Å². The molecule has 2 aromatic carbocycles. The average molecular weight is 427 g/mol. The molecule has 0 bridgehead atoms. The molecule has 0 aliphatic carbocycles. The van der Waals surface area contributed by atoms with Crippen LogP contribution in [0.25, 0.3) is 10.9 Å². The Kier molecular flexibility index (Phi) is 6.51. The summed E-state index contributed by atoms with van der Waals surface area (Å²) in [5.41, 5.74) is 0.450. The molecule has 0 saturated carbocycles. The summed E-state index contributed by atoms with van der Waals surface area (Å²) >= 11 is 0. The SMILES string of the molecule is CNCCNc1c(C(=O)Nc2ccc(C(=O)O)cc2)c(=O)[nH]c2c(NC)cc(F)cc12. The van der Waals surface area contributed by atoms with E-state index in [9.17, 15) is 18.8 Å². The van der Waals surface area contributed by atoms with E-state index in [-0.39, 0.29) is 16.8 Å². The molecule has 9 nitrogen and oxygen atoms in total. The largest absolute Gasteiger partial charge is 0.478 e. The van der Waals surface area contributed by atoms with Crippen LogP contribution in [0.1, 0.15) is 20.7 Å². The highest BCUT2D eigenvalue weighted by Crippen LogP contribution is 2.30. The van der Waals surface area contributed by atoms with Crippen molar-refractivity contribution in [2.75, 3.05) is 43.1 Å². The van der Waals surface area contributed by atoms with Crippen LogP contribution in [0.4, 0.5) is 21.5 Å². The molecular formula is C21H22FN5O4. The predicted octanol–water partition coefficient (Wildman–Crippen LogP) is 2.29. The second-order valence-corrected chi connectivity index (χ2v) is 6.70. The Labute approximate surface area is 176 Å². The van der Waals surface area contributed by atoms with Crippen LogP contribution in [-0.2, 0) is 0 Å². The number of aromatic nitrogens is 1. The lowest BCUT2D eigenvalue weighted by atomic mass is 10.1. The molecular weight excluding hydrogens is 405 g/mol. The van der Waals surface area contributed by atoms with Crippen molar-refractivity contribution < 1.29 is 19.1 Å². The summed E-state index contributed by atoms with van der Waals surface area (Å²) in [6, 6.07) is 8.01. The number of carbonyl (C=O) groups is 2. The number of fused-ring (bicyclic) bond motifs is 1. The van der Waals surface area contributed by atoms with Gasteiger partial charge in [-0.15, -0.1) is 0 Å². The van der Waals surface area contributed by atoms with Gasteiger partial charge in [-0.2, -0.15) is 0 Å². The number of H-pyrrole nitrogens is 1. The van der Waals surface area contributed by atoms with E-state index in [4.69, 9.17) is 5.11 Å². The molecule has 1 heterocycles. The molecule has 1 amide bonds. The monoisotopic (exact) mass is 427 g/mol. The number of anilines is 3. The third-order valence-electron chi connectivity index (χ3n) is 4.65. The van der Waals surface area contributed by atoms with Crippen molar-refractivity contribution in [2.45, 2.75) is 0 Å². The number of likely N-dealkylation sites (N-methyl/N-ethyl adjacent to an activating group) is 1. The summed E-state index contributed by atoms with van der Waals surface area (Å²) in [6.45, 7) is 0.925. The molecule has 3 aromatic rings. The predicted molar refractivity (Wildman–Crippen MR) is 118 cm³/mol. The molecule has 0 aliphatic rings. The molecule has 0 aliphatic heterocycles. The van der Waals surface area contributed by atoms with Crippen molar-refractivity contribution in [1.29, 1.82) is 0 Å². The van der Waals surface area contributed by atoms with E-state index < -0.39 is 23.3 Å². The van der Waals surface area contributed by atoms with Gasteiger partial charge in [0, 0.05) is 31.2 Å². The highest BCUT2D eigenvalue weighted by atomic mass is 19.1. The molecule has 0 saturated heterocycles. The smallest absolute Gasteiger partial charge is 0.335 e. The minimum Gasteiger partial charge on any atom is -0.478 e. The number of hydrogen-bond donors (Lipinski definition) is 6. The zero-order valence-corrected chi connectivity index (χ0v) is 16.9. The zero-order valence-electron chi connectivity index (χ0n) is 16.9. The fourth-order valence-electron chi connectivity index (χ4n) is 3.16. The van der Waals surface area contributed by atoms with Crippen LogP contribution in [0.5, 0.6) is 0 Å². The number of benzene rings is 2. The lowest BCUT2D eigenvalue weighted by Gasteiger charge is -2.16. The van der Waals surface area contributed by atoms with Gasteiger partial charge in [0.2, 0.25) is 0 Å². The third-order valence-corrected chi connectivity index (χ3v) is 4.65. The van der Waals surface area contributed by atoms with Gasteiger partial charge in [-0.1, -0.05) is 0 Å². The molecule has 31 heavy (non-hydrogen) atoms. The van der Waals surface area contributed by atoms with Crippen LogP contribution in [0.3, 0.4) is 0 Å². The molecule has 0 fully saturated rings. The fraction of sp³-hybridized carbons (Fsp3) is 0.190. The van der Waals surface area contributed by atoms with Crippen LogP contribution >= 0.6 is 0 Å². The molecule has 1 aromatic heterocycles. The van der Waals surface area contributed by atoms with Crippen LogP contribution in [0.2, 0.25) is 0 Å². The molecule has 6 N–H and O–H groups in total. The second-order valence-electron chi connectivity index (χ2n) is 6.70. The molecule has 10 heteroatoms. The Morgan fingerprint density at radius 1 is 1.10 bits per heavy atom. The quantitative estimate of drug-likeness (QED) is 0.304. The van der Waals surface area contributed by atoms with Crippen molar-refractivity contribution in [3.05, 3.63) is 63.7 Å². The van der Waals surface area contributed by atoms with Gasteiger partial charge < -0.3 is 31.4 Å². The molecule has 3 rings (SSSR count). The van der Waals surface area contributed by atoms with E-state index in [1.54, 1.807) is 14.1 Å². The van der Waals surface area contributed by atoms with Gasteiger partial charge in [-0.3, -0.25) is 9.59 Å². The van der Waals surface area contributed by atoms with E-state index in [0.717, 1.165) is 0 Å². The number of pyridine rings is 1. The van der Waals surface area contributed by atoms with Gasteiger partial charge in [-0.25, -0.2) is 9.18 Å². The summed E-state index contributed by atoms with van der Waals surface area (Å²) in [7, 11) is 3.35. The average Bonchev–Trinajstić information content (AvgIpc) is 2.74. The first-order valence-corrected chi connectivity index (χ1v) is 9.46. The lowest BCUT2D eigenvalue weighted by molar-refractivity contribution is 0.0696. The van der Waals surface area contributed by atoms with Crippen molar-refractivity contribution in [1.82, 2.24) is 10.3 Å². The van der Waals surface area contributed by atoms with Gasteiger partial charge in [0.1, 0.15) is 11.4 Å². The topological polar surface area (TPSA) is 135 Å². The van der Waals surface area contributed by atoms with Crippen LogP contribution in [-0.4, -0.2) is 49.2 Å². The van der Waals surface area contributed by atoms with Crippen LogP contribution < -0.4 is 26.8 Å².